The normalized spacial score (nSPS) is 13.9. The fourth-order valence-corrected chi connectivity index (χ4v) is 3.67. The van der Waals surface area contributed by atoms with Gasteiger partial charge in [-0.2, -0.15) is 0 Å². The molecular weight excluding hydrogens is 398 g/mol. The minimum Gasteiger partial charge on any atom is -0.428 e. The van der Waals surface area contributed by atoms with Gasteiger partial charge in [0.15, 0.2) is 5.60 Å². The van der Waals surface area contributed by atoms with Gasteiger partial charge in [-0.05, 0) is 30.3 Å². The monoisotopic (exact) mass is 417 g/mol. The molecule has 0 unspecified atom stereocenters. The average Bonchev–Trinajstić information content (AvgIpc) is 2.73. The number of cyclic esters (lactones) is 1. The van der Waals surface area contributed by atoms with E-state index in [0.717, 1.165) is 5.56 Å². The molecule has 0 bridgehead atoms. The van der Waals surface area contributed by atoms with E-state index in [4.69, 9.17) is 14.2 Å². The van der Waals surface area contributed by atoms with Crippen LogP contribution >= 0.6 is 0 Å². The Hall–Kier alpha value is -4.13. The van der Waals surface area contributed by atoms with Gasteiger partial charge >= 0.3 is 18.0 Å². The van der Waals surface area contributed by atoms with Gasteiger partial charge in [-0.1, -0.05) is 42.5 Å². The zero-order valence-electron chi connectivity index (χ0n) is 16.9. The van der Waals surface area contributed by atoms with E-state index in [-0.39, 0.29) is 0 Å². The van der Waals surface area contributed by atoms with Crippen LogP contribution in [0.25, 0.3) is 0 Å². The predicted octanol–water partition coefficient (Wildman–Crippen LogP) is 4.39. The lowest BCUT2D eigenvalue weighted by molar-refractivity contribution is -0.132. The molecule has 156 valence electrons. The van der Waals surface area contributed by atoms with Crippen LogP contribution in [0.2, 0.25) is 0 Å². The summed E-state index contributed by atoms with van der Waals surface area (Å²) in [6, 6.07) is 20.9. The molecule has 3 aromatic carbocycles. The van der Waals surface area contributed by atoms with E-state index in [1.54, 1.807) is 54.6 Å². The molecule has 1 N–H and O–H groups in total. The van der Waals surface area contributed by atoms with E-state index in [1.807, 2.05) is 18.2 Å². The van der Waals surface area contributed by atoms with Crippen molar-refractivity contribution in [3.8, 4) is 11.5 Å². The van der Waals surface area contributed by atoms with Gasteiger partial charge in [0.25, 0.3) is 0 Å². The molecule has 0 saturated carbocycles. The molecule has 7 heteroatoms. The van der Waals surface area contributed by atoms with Crippen LogP contribution in [0.1, 0.15) is 30.5 Å². The number of amides is 1. The molecule has 1 heterocycles. The van der Waals surface area contributed by atoms with Crippen LogP contribution in [-0.2, 0) is 19.9 Å². The molecule has 1 aliphatic rings. The summed E-state index contributed by atoms with van der Waals surface area (Å²) in [5.74, 6) is -0.0976. The van der Waals surface area contributed by atoms with E-state index < -0.39 is 23.6 Å². The van der Waals surface area contributed by atoms with Crippen LogP contribution in [0, 0.1) is 0 Å². The van der Waals surface area contributed by atoms with Crippen molar-refractivity contribution in [3.05, 3.63) is 89.5 Å². The summed E-state index contributed by atoms with van der Waals surface area (Å²) in [6.45, 7) is 2.65. The molecule has 0 aromatic heterocycles. The Bertz CT molecular complexity index is 1090. The first-order valence-electron chi connectivity index (χ1n) is 9.56. The van der Waals surface area contributed by atoms with Crippen LogP contribution in [0.3, 0.4) is 0 Å². The van der Waals surface area contributed by atoms with E-state index in [2.05, 4.69) is 5.32 Å². The first kappa shape index (κ1) is 20.2. The topological polar surface area (TPSA) is 90.9 Å². The number of fused-ring (bicyclic) bond motifs is 1. The lowest BCUT2D eigenvalue weighted by Gasteiger charge is -2.39. The number of hydrogen-bond donors (Lipinski definition) is 1. The Morgan fingerprint density at radius 2 is 1.26 bits per heavy atom. The van der Waals surface area contributed by atoms with E-state index in [9.17, 15) is 14.4 Å². The third-order valence-electron chi connectivity index (χ3n) is 4.83. The number of rotatable bonds is 4. The molecular formula is C24H19NO6. The van der Waals surface area contributed by atoms with Gasteiger partial charge in [-0.25, -0.2) is 4.79 Å². The summed E-state index contributed by atoms with van der Waals surface area (Å²) < 4.78 is 16.2. The second-order valence-electron chi connectivity index (χ2n) is 6.98. The highest BCUT2D eigenvalue weighted by Crippen LogP contribution is 2.46. The molecule has 1 aliphatic heterocycles. The van der Waals surface area contributed by atoms with Crippen LogP contribution in [0.5, 0.6) is 11.5 Å². The Kier molecular flexibility index (Phi) is 5.17. The van der Waals surface area contributed by atoms with Crippen molar-refractivity contribution >= 4 is 23.7 Å². The molecule has 4 rings (SSSR count). The Balaban J connectivity index is 1.89. The van der Waals surface area contributed by atoms with Crippen LogP contribution in [-0.4, -0.2) is 18.0 Å². The summed E-state index contributed by atoms with van der Waals surface area (Å²) >= 11 is 0. The Labute approximate surface area is 178 Å². The Morgan fingerprint density at radius 3 is 1.74 bits per heavy atom. The van der Waals surface area contributed by atoms with Crippen molar-refractivity contribution in [2.24, 2.45) is 0 Å². The predicted molar refractivity (Wildman–Crippen MR) is 112 cm³/mol. The van der Waals surface area contributed by atoms with Crippen molar-refractivity contribution in [1.29, 1.82) is 0 Å². The SMILES string of the molecule is CC(=O)Oc1ccc(C2(c3ccc(OC(C)=O)cc3)OC(=O)Nc3ccccc32)cc1. The molecule has 3 aromatic rings. The number of carbonyl (C=O) groups is 3. The zero-order chi connectivity index (χ0) is 22.0. The molecule has 0 atom stereocenters. The highest BCUT2D eigenvalue weighted by atomic mass is 16.6. The number of para-hydroxylation sites is 1. The maximum atomic E-state index is 12.5. The zero-order valence-corrected chi connectivity index (χ0v) is 16.9. The highest BCUT2D eigenvalue weighted by molar-refractivity contribution is 5.90. The molecule has 0 aliphatic carbocycles. The van der Waals surface area contributed by atoms with Gasteiger partial charge in [-0.15, -0.1) is 0 Å². The van der Waals surface area contributed by atoms with Crippen molar-refractivity contribution in [3.63, 3.8) is 0 Å². The summed E-state index contributed by atoms with van der Waals surface area (Å²) in [6.07, 6.45) is -0.605. The van der Waals surface area contributed by atoms with Crippen molar-refractivity contribution in [2.45, 2.75) is 19.4 Å². The van der Waals surface area contributed by atoms with Gasteiger partial charge in [-0.3, -0.25) is 14.9 Å². The smallest absolute Gasteiger partial charge is 0.413 e. The van der Waals surface area contributed by atoms with Gasteiger partial charge in [0.2, 0.25) is 0 Å². The molecule has 7 nitrogen and oxygen atoms in total. The van der Waals surface area contributed by atoms with E-state index in [0.29, 0.717) is 28.3 Å². The van der Waals surface area contributed by atoms with Crippen LogP contribution < -0.4 is 14.8 Å². The molecule has 0 fully saturated rings. The molecule has 0 spiro atoms. The molecule has 0 saturated heterocycles. The summed E-state index contributed by atoms with van der Waals surface area (Å²) in [4.78, 5) is 35.1. The first-order chi connectivity index (χ1) is 14.9. The highest BCUT2D eigenvalue weighted by Gasteiger charge is 2.45. The fraction of sp³-hybridized carbons (Fsp3) is 0.125. The summed E-state index contributed by atoms with van der Waals surface area (Å²) in [5.41, 5.74) is 1.40. The van der Waals surface area contributed by atoms with Gasteiger partial charge in [0.1, 0.15) is 11.5 Å². The average molecular weight is 417 g/mol. The standard InChI is InChI=1S/C24H19NO6/c1-15(26)29-19-11-7-17(8-12-19)24(18-9-13-20(14-10-18)30-16(2)27)21-5-3-4-6-22(21)25-23(28)31-24/h3-14H,1-2H3,(H,25,28). The van der Waals surface area contributed by atoms with Crippen molar-refractivity contribution < 1.29 is 28.6 Å². The number of benzene rings is 3. The van der Waals surface area contributed by atoms with Crippen LogP contribution in [0.15, 0.2) is 72.8 Å². The fourth-order valence-electron chi connectivity index (χ4n) is 3.67. The van der Waals surface area contributed by atoms with Crippen LogP contribution in [0.4, 0.5) is 10.5 Å². The maximum Gasteiger partial charge on any atom is 0.413 e. The number of ether oxygens (including phenoxy) is 3. The number of esters is 2. The van der Waals surface area contributed by atoms with Gasteiger partial charge < -0.3 is 14.2 Å². The minimum absolute atomic E-state index is 0.380. The second-order valence-corrected chi connectivity index (χ2v) is 6.98. The number of anilines is 1. The van der Waals surface area contributed by atoms with Crippen molar-refractivity contribution in [2.75, 3.05) is 5.32 Å². The van der Waals surface area contributed by atoms with E-state index in [1.165, 1.54) is 13.8 Å². The lowest BCUT2D eigenvalue weighted by atomic mass is 9.78. The maximum absolute atomic E-state index is 12.5. The summed E-state index contributed by atoms with van der Waals surface area (Å²) in [7, 11) is 0. The largest absolute Gasteiger partial charge is 0.428 e. The molecule has 1 amide bonds. The van der Waals surface area contributed by atoms with E-state index >= 15 is 0 Å². The molecule has 31 heavy (non-hydrogen) atoms. The molecule has 0 radical (unpaired) electrons. The van der Waals surface area contributed by atoms with Crippen molar-refractivity contribution in [1.82, 2.24) is 0 Å². The first-order valence-corrected chi connectivity index (χ1v) is 9.56. The third-order valence-corrected chi connectivity index (χ3v) is 4.83. The third kappa shape index (κ3) is 3.85. The second kappa shape index (κ2) is 7.95. The number of carbonyl (C=O) groups excluding carboxylic acids is 3. The lowest BCUT2D eigenvalue weighted by Crippen LogP contribution is -2.41. The van der Waals surface area contributed by atoms with Gasteiger partial charge in [0, 0.05) is 30.5 Å². The quantitative estimate of drug-likeness (QED) is 0.500. The number of hydrogen-bond acceptors (Lipinski definition) is 6. The number of nitrogens with one attached hydrogen (secondary N) is 1. The minimum atomic E-state index is -1.26. The summed E-state index contributed by atoms with van der Waals surface area (Å²) in [5, 5.41) is 2.73. The Morgan fingerprint density at radius 1 is 0.774 bits per heavy atom. The van der Waals surface area contributed by atoms with Gasteiger partial charge in [0.05, 0.1) is 5.69 Å².